The van der Waals surface area contributed by atoms with Crippen LogP contribution in [0.5, 0.6) is 0 Å². The van der Waals surface area contributed by atoms with Gasteiger partial charge in [0.05, 0.1) is 24.7 Å². The molecule has 0 amide bonds. The van der Waals surface area contributed by atoms with Crippen molar-refractivity contribution in [3.05, 3.63) is 24.3 Å². The molecule has 2 aliphatic rings. The molecule has 1 aromatic carbocycles. The lowest BCUT2D eigenvalue weighted by atomic mass is 10.3. The summed E-state index contributed by atoms with van der Waals surface area (Å²) in [5.74, 6) is 0. The first-order valence-corrected chi connectivity index (χ1v) is 11.5. The van der Waals surface area contributed by atoms with Gasteiger partial charge in [-0.1, -0.05) is 0 Å². The van der Waals surface area contributed by atoms with E-state index < -0.39 is 10.0 Å². The number of quaternary nitrogens is 1. The van der Waals surface area contributed by atoms with Crippen molar-refractivity contribution in [3.8, 4) is 0 Å². The molecule has 2 heterocycles. The monoisotopic (exact) mass is 413 g/mol. The number of ether oxygens (including phenoxy) is 1. The van der Waals surface area contributed by atoms with Gasteiger partial charge in [-0.2, -0.15) is 4.31 Å². The molecule has 0 unspecified atom stereocenters. The lowest BCUT2D eigenvalue weighted by Gasteiger charge is -2.23. The molecule has 3 rings (SSSR count). The quantitative estimate of drug-likeness (QED) is 0.434. The first-order chi connectivity index (χ1) is 13.1. The number of sulfonamides is 1. The average Bonchev–Trinajstić information content (AvgIpc) is 3.22. The van der Waals surface area contributed by atoms with Gasteiger partial charge in [0.1, 0.15) is 13.1 Å². The van der Waals surface area contributed by atoms with E-state index in [9.17, 15) is 8.42 Å². The zero-order chi connectivity index (χ0) is 19.1. The Morgan fingerprint density at radius 3 is 2.48 bits per heavy atom. The lowest BCUT2D eigenvalue weighted by molar-refractivity contribution is -0.908. The predicted molar refractivity (Wildman–Crippen MR) is 110 cm³/mol. The SMILES string of the molecule is O=S(=O)(c1ccc(NC(=S)NCCC[NH+]2CCOCC2)cc1)N1CCCC1. The van der Waals surface area contributed by atoms with Crippen LogP contribution in [0.4, 0.5) is 5.69 Å². The number of nitrogens with one attached hydrogen (secondary N) is 3. The Morgan fingerprint density at radius 2 is 1.81 bits per heavy atom. The fourth-order valence-electron chi connectivity index (χ4n) is 3.41. The molecule has 0 aliphatic carbocycles. The second-order valence-corrected chi connectivity index (χ2v) is 9.33. The second kappa shape index (κ2) is 9.79. The second-order valence-electron chi connectivity index (χ2n) is 6.98. The van der Waals surface area contributed by atoms with Crippen LogP contribution in [-0.2, 0) is 14.8 Å². The van der Waals surface area contributed by atoms with Crippen LogP contribution >= 0.6 is 12.2 Å². The maximum Gasteiger partial charge on any atom is 0.243 e. The van der Waals surface area contributed by atoms with Gasteiger partial charge >= 0.3 is 0 Å². The molecule has 27 heavy (non-hydrogen) atoms. The minimum absolute atomic E-state index is 0.335. The highest BCUT2D eigenvalue weighted by Crippen LogP contribution is 2.22. The highest BCUT2D eigenvalue weighted by atomic mass is 32.2. The van der Waals surface area contributed by atoms with Gasteiger partial charge in [-0.15, -0.1) is 0 Å². The normalized spacial score (nSPS) is 19.1. The van der Waals surface area contributed by atoms with Crippen molar-refractivity contribution in [2.24, 2.45) is 0 Å². The largest absolute Gasteiger partial charge is 0.370 e. The van der Waals surface area contributed by atoms with E-state index in [1.54, 1.807) is 33.5 Å². The van der Waals surface area contributed by atoms with Gasteiger partial charge in [-0.25, -0.2) is 8.42 Å². The molecule has 2 fully saturated rings. The molecule has 7 nitrogen and oxygen atoms in total. The van der Waals surface area contributed by atoms with Crippen LogP contribution in [0, 0.1) is 0 Å². The van der Waals surface area contributed by atoms with E-state index in [0.29, 0.717) is 23.1 Å². The molecule has 1 aromatic rings. The average molecular weight is 414 g/mol. The summed E-state index contributed by atoms with van der Waals surface area (Å²) >= 11 is 5.32. The fraction of sp³-hybridized carbons (Fsp3) is 0.611. The van der Waals surface area contributed by atoms with Gasteiger partial charge in [0.2, 0.25) is 10.0 Å². The van der Waals surface area contributed by atoms with Gasteiger partial charge in [0.15, 0.2) is 5.11 Å². The van der Waals surface area contributed by atoms with Crippen LogP contribution in [0.1, 0.15) is 19.3 Å². The summed E-state index contributed by atoms with van der Waals surface area (Å²) in [6.07, 6.45) is 2.92. The third-order valence-electron chi connectivity index (χ3n) is 5.01. The third-order valence-corrected chi connectivity index (χ3v) is 7.17. The molecule has 150 valence electrons. The molecule has 0 aromatic heterocycles. The lowest BCUT2D eigenvalue weighted by Crippen LogP contribution is -3.14. The molecule has 2 aliphatic heterocycles. The maximum atomic E-state index is 12.5. The number of hydrogen-bond acceptors (Lipinski definition) is 4. The van der Waals surface area contributed by atoms with E-state index in [-0.39, 0.29) is 0 Å². The molecule has 9 heteroatoms. The van der Waals surface area contributed by atoms with Crippen molar-refractivity contribution >= 4 is 33.0 Å². The topological polar surface area (TPSA) is 75.1 Å². The Labute approximate surface area is 167 Å². The summed E-state index contributed by atoms with van der Waals surface area (Å²) in [6, 6.07) is 6.80. The molecule has 2 saturated heterocycles. The van der Waals surface area contributed by atoms with Crippen molar-refractivity contribution in [3.63, 3.8) is 0 Å². The minimum Gasteiger partial charge on any atom is -0.370 e. The van der Waals surface area contributed by atoms with Crippen LogP contribution in [0.15, 0.2) is 29.2 Å². The van der Waals surface area contributed by atoms with Crippen molar-refractivity contribution < 1.29 is 18.1 Å². The van der Waals surface area contributed by atoms with Crippen molar-refractivity contribution in [1.82, 2.24) is 9.62 Å². The number of thiocarbonyl (C=S) groups is 1. The summed E-state index contributed by atoms with van der Waals surface area (Å²) in [4.78, 5) is 1.92. The van der Waals surface area contributed by atoms with Crippen LogP contribution < -0.4 is 15.5 Å². The van der Waals surface area contributed by atoms with Crippen molar-refractivity contribution in [2.75, 3.05) is 57.8 Å². The number of rotatable bonds is 7. The van der Waals surface area contributed by atoms with Crippen molar-refractivity contribution in [1.29, 1.82) is 0 Å². The minimum atomic E-state index is -3.37. The Hall–Kier alpha value is -1.26. The van der Waals surface area contributed by atoms with Gasteiger partial charge in [0, 0.05) is 31.7 Å². The van der Waals surface area contributed by atoms with Crippen LogP contribution in [0.2, 0.25) is 0 Å². The maximum absolute atomic E-state index is 12.5. The van der Waals surface area contributed by atoms with Crippen molar-refractivity contribution in [2.45, 2.75) is 24.2 Å². The van der Waals surface area contributed by atoms with Gasteiger partial charge in [-0.05, 0) is 49.3 Å². The summed E-state index contributed by atoms with van der Waals surface area (Å²) in [5, 5.41) is 6.88. The number of anilines is 1. The number of hydrogen-bond donors (Lipinski definition) is 3. The Bertz CT molecular complexity index is 713. The predicted octanol–water partition coefficient (Wildman–Crippen LogP) is 0.0627. The zero-order valence-electron chi connectivity index (χ0n) is 15.6. The highest BCUT2D eigenvalue weighted by molar-refractivity contribution is 7.89. The number of benzene rings is 1. The number of nitrogens with zero attached hydrogens (tertiary/aromatic N) is 1. The summed E-state index contributed by atoms with van der Waals surface area (Å²) in [7, 11) is -3.37. The molecule has 0 radical (unpaired) electrons. The first kappa shape index (κ1) is 20.5. The van der Waals surface area contributed by atoms with E-state index in [2.05, 4.69) is 10.6 Å². The smallest absolute Gasteiger partial charge is 0.243 e. The van der Waals surface area contributed by atoms with Gasteiger partial charge in [0.25, 0.3) is 0 Å². The molecule has 0 bridgehead atoms. The summed E-state index contributed by atoms with van der Waals surface area (Å²) < 4.78 is 32.0. The molecule has 3 N–H and O–H groups in total. The van der Waals surface area contributed by atoms with Crippen LogP contribution in [0.25, 0.3) is 0 Å². The number of morpholine rings is 1. The van der Waals surface area contributed by atoms with E-state index in [1.807, 2.05) is 0 Å². The molecule has 0 saturated carbocycles. The Morgan fingerprint density at radius 1 is 1.15 bits per heavy atom. The van der Waals surface area contributed by atoms with Crippen LogP contribution in [-0.4, -0.2) is 70.3 Å². The first-order valence-electron chi connectivity index (χ1n) is 9.62. The molecule has 0 spiro atoms. The van der Waals surface area contributed by atoms with E-state index in [0.717, 1.165) is 64.3 Å². The fourth-order valence-corrected chi connectivity index (χ4v) is 5.15. The zero-order valence-corrected chi connectivity index (χ0v) is 17.2. The van der Waals surface area contributed by atoms with Gasteiger partial charge < -0.3 is 20.3 Å². The van der Waals surface area contributed by atoms with E-state index in [4.69, 9.17) is 17.0 Å². The van der Waals surface area contributed by atoms with E-state index in [1.165, 1.54) is 0 Å². The highest BCUT2D eigenvalue weighted by Gasteiger charge is 2.26. The Kier molecular flexibility index (Phi) is 7.42. The molecule has 0 atom stereocenters. The standard InChI is InChI=1S/C18H28N4O3S2/c23-27(24,22-10-1-2-11-22)17-6-4-16(5-7-17)20-18(26)19-8-3-9-21-12-14-25-15-13-21/h4-7H,1-3,8-15H2,(H2,19,20,26)/p+1. The van der Waals surface area contributed by atoms with Crippen LogP contribution in [0.3, 0.4) is 0 Å². The Balaban J connectivity index is 1.41. The molecular formula is C18H29N4O3S2+. The van der Waals surface area contributed by atoms with Gasteiger partial charge in [-0.3, -0.25) is 0 Å². The third kappa shape index (κ3) is 5.86. The van der Waals surface area contributed by atoms with E-state index >= 15 is 0 Å². The molecular weight excluding hydrogens is 384 g/mol. The summed E-state index contributed by atoms with van der Waals surface area (Å²) in [5.41, 5.74) is 0.784. The summed E-state index contributed by atoms with van der Waals surface area (Å²) in [6.45, 7) is 7.02.